The number of fused-ring (bicyclic) bond motifs is 8. The summed E-state index contributed by atoms with van der Waals surface area (Å²) in [6, 6.07) is 31.6. The van der Waals surface area contributed by atoms with E-state index < -0.39 is 46.6 Å². The van der Waals surface area contributed by atoms with E-state index in [1.165, 1.54) is 103 Å². The highest BCUT2D eigenvalue weighted by Crippen LogP contribution is 2.33. The third-order valence-electron chi connectivity index (χ3n) is 21.3. The van der Waals surface area contributed by atoms with Crippen LogP contribution in [-0.4, -0.2) is 160 Å². The molecule has 0 radical (unpaired) electrons. The first kappa shape index (κ1) is 84.3. The fourth-order valence-electron chi connectivity index (χ4n) is 14.9. The maximum Gasteiger partial charge on any atom is 0.282 e. The van der Waals surface area contributed by atoms with Crippen LogP contribution < -0.4 is 21.3 Å². The molecule has 4 aromatic carbocycles. The number of benzene rings is 4. The highest BCUT2D eigenvalue weighted by molar-refractivity contribution is 5.99. The van der Waals surface area contributed by atoms with E-state index in [1.54, 1.807) is 61.3 Å². The molecule has 16 aromatic heterocycles. The molecule has 0 spiro atoms. The van der Waals surface area contributed by atoms with Crippen LogP contribution in [0.15, 0.2) is 214 Å². The van der Waals surface area contributed by atoms with Crippen LogP contribution in [0.3, 0.4) is 0 Å². The summed E-state index contributed by atoms with van der Waals surface area (Å²) in [6.07, 6.45) is 27.2. The van der Waals surface area contributed by atoms with E-state index in [0.717, 1.165) is 94.3 Å². The SMILES string of the molecule is CC(C)c1cnn2c(NCCc3c[nH]c4c(F)cc(F)cc34)nc(-c3cncc(F)c3)nc12.CC(C)c1cnn2c(NCCc3c[nH]c4c(F)cc(F)cc34)nc(-c3cncc(F)c3)nc12.CON(C)C(=O)c1cnn2c(NCCc3c[nH]c4ccccc34)cc(-c3cncc(F)c3)nc12.Fc1cncc(-c2cc(NCCc3c[nH]c4ccccc34)n3nccc3n2)c1. The van der Waals surface area contributed by atoms with Crippen molar-refractivity contribution in [3.63, 3.8) is 0 Å². The number of para-hydroxylation sites is 2. The molecule has 646 valence electrons. The highest BCUT2D eigenvalue weighted by atomic mass is 19.2. The molecule has 20 aromatic rings. The van der Waals surface area contributed by atoms with Crippen LogP contribution in [0.2, 0.25) is 0 Å². The Kier molecular flexibility index (Phi) is 24.3. The second-order valence-electron chi connectivity index (χ2n) is 30.4. The average molecular weight is 1730 g/mol. The first-order valence-electron chi connectivity index (χ1n) is 40.6. The molecule has 0 saturated heterocycles. The van der Waals surface area contributed by atoms with Gasteiger partial charge in [0.15, 0.2) is 34.2 Å². The first-order valence-corrected chi connectivity index (χ1v) is 40.6. The van der Waals surface area contributed by atoms with Gasteiger partial charge in [0.1, 0.15) is 63.7 Å². The molecule has 37 heteroatoms. The van der Waals surface area contributed by atoms with Gasteiger partial charge in [0.25, 0.3) is 5.91 Å². The predicted molar refractivity (Wildman–Crippen MR) is 469 cm³/mol. The topological polar surface area (TPSA) is 339 Å². The minimum Gasteiger partial charge on any atom is -0.370 e. The van der Waals surface area contributed by atoms with Crippen molar-refractivity contribution >= 4 is 95.6 Å². The Morgan fingerprint density at radius 2 is 0.820 bits per heavy atom. The lowest BCUT2D eigenvalue weighted by Crippen LogP contribution is -2.25. The van der Waals surface area contributed by atoms with Crippen LogP contribution in [0, 0.1) is 46.5 Å². The molecule has 8 N–H and O–H groups in total. The molecule has 20 rings (SSSR count). The number of H-pyrrole nitrogens is 4. The number of aromatic nitrogens is 22. The van der Waals surface area contributed by atoms with Gasteiger partial charge in [0.2, 0.25) is 11.9 Å². The number of hydrogen-bond acceptors (Lipinski definition) is 20. The second-order valence-corrected chi connectivity index (χ2v) is 30.4. The van der Waals surface area contributed by atoms with Gasteiger partial charge >= 0.3 is 0 Å². The minimum absolute atomic E-state index is 0.166. The van der Waals surface area contributed by atoms with E-state index in [-0.39, 0.29) is 34.2 Å². The summed E-state index contributed by atoms with van der Waals surface area (Å²) in [5.41, 5.74) is 14.2. The fourth-order valence-corrected chi connectivity index (χ4v) is 14.9. The van der Waals surface area contributed by atoms with E-state index in [0.29, 0.717) is 129 Å². The van der Waals surface area contributed by atoms with Gasteiger partial charge < -0.3 is 41.2 Å². The number of rotatable bonds is 24. The number of nitrogens with zero attached hydrogens (tertiary/aromatic N) is 19. The van der Waals surface area contributed by atoms with Crippen LogP contribution in [0.5, 0.6) is 0 Å². The van der Waals surface area contributed by atoms with Crippen molar-refractivity contribution in [3.8, 4) is 45.3 Å². The zero-order chi connectivity index (χ0) is 88.8. The van der Waals surface area contributed by atoms with Gasteiger partial charge in [0, 0.05) is 179 Å². The standard InChI is InChI=1S/C24H22FN7O2.2C23H20F3N7.C21H17FN6/c1-31(34-2)24(33)19-14-29-32-22(10-21(30-23(19)32)16-9-17(25)13-26-11-16)27-8-7-15-12-28-20-6-4-3-5-18(15)20;2*1-12(2)18-11-30-33-22(18)31-21(14-5-16(25)10-27-8-14)32-23(33)28-4-3-13-9-29-20-17(13)6-15(24)7-19(20)26;22-16-9-15(11-23-13-16)19-10-21(28-20(27-19)6-8-26-28)24-7-5-14-12-25-18-4-2-1-3-17(14)18/h3-6,9-14,27-28H,7-8H2,1-2H3;2*5-12,29H,3-4H2,1-2H3,(H,28,31,32);1-4,6,8-13,24-25H,5,7H2. The van der Waals surface area contributed by atoms with Crippen molar-refractivity contribution < 1.29 is 44.8 Å². The number of aromatic amines is 4. The lowest BCUT2D eigenvalue weighted by Gasteiger charge is -2.13. The van der Waals surface area contributed by atoms with E-state index in [4.69, 9.17) is 4.84 Å². The van der Waals surface area contributed by atoms with Crippen molar-refractivity contribution in [3.05, 3.63) is 300 Å². The summed E-state index contributed by atoms with van der Waals surface area (Å²) in [5, 5.41) is 35.3. The van der Waals surface area contributed by atoms with E-state index in [1.807, 2.05) is 82.6 Å². The number of carbonyl (C=O) groups excluding carboxylic acids is 1. The second kappa shape index (κ2) is 36.8. The third-order valence-corrected chi connectivity index (χ3v) is 21.3. The molecule has 0 aliphatic heterocycles. The Balaban J connectivity index is 0.000000120. The molecule has 0 saturated carbocycles. The van der Waals surface area contributed by atoms with Gasteiger partial charge in [-0.1, -0.05) is 64.1 Å². The molecule has 0 aliphatic carbocycles. The lowest BCUT2D eigenvalue weighted by atomic mass is 10.1. The Bertz CT molecular complexity index is 7230. The monoisotopic (exact) mass is 1730 g/mol. The quantitative estimate of drug-likeness (QED) is 0.0206. The zero-order valence-corrected chi connectivity index (χ0v) is 69.4. The van der Waals surface area contributed by atoms with Gasteiger partial charge in [-0.3, -0.25) is 29.6 Å². The molecule has 29 nitrogen and oxygen atoms in total. The van der Waals surface area contributed by atoms with Crippen LogP contribution in [-0.2, 0) is 30.5 Å². The minimum atomic E-state index is -0.632. The fraction of sp³-hybridized carbons (Fsp3) is 0.176. The molecular formula is C91H79F8N27O2. The van der Waals surface area contributed by atoms with Crippen molar-refractivity contribution in [1.82, 2.24) is 113 Å². The van der Waals surface area contributed by atoms with Crippen LogP contribution in [0.1, 0.15) is 83.3 Å². The average Bonchev–Trinajstić information content (AvgIpc) is 1.63. The molecule has 0 bridgehead atoms. The number of anilines is 4. The number of hydrogen-bond donors (Lipinski definition) is 8. The van der Waals surface area contributed by atoms with E-state index >= 15 is 0 Å². The predicted octanol–water partition coefficient (Wildman–Crippen LogP) is 17.5. The first-order chi connectivity index (χ1) is 62.1. The normalized spacial score (nSPS) is 11.5. The molecule has 1 amide bonds. The Labute approximate surface area is 722 Å². The van der Waals surface area contributed by atoms with Gasteiger partial charge in [-0.2, -0.15) is 48.4 Å². The largest absolute Gasteiger partial charge is 0.370 e. The Morgan fingerprint density at radius 3 is 1.28 bits per heavy atom. The number of carbonyl (C=O) groups is 1. The molecule has 128 heavy (non-hydrogen) atoms. The van der Waals surface area contributed by atoms with Crippen LogP contribution in [0.4, 0.5) is 58.7 Å². The van der Waals surface area contributed by atoms with Crippen molar-refractivity contribution in [2.45, 2.75) is 65.2 Å². The number of nitrogens with one attached hydrogen (secondary N) is 8. The summed E-state index contributed by atoms with van der Waals surface area (Å²) in [5.74, 6) is -1.53. The van der Waals surface area contributed by atoms with Crippen molar-refractivity contribution in [2.24, 2.45) is 0 Å². The van der Waals surface area contributed by atoms with Crippen molar-refractivity contribution in [1.29, 1.82) is 0 Å². The van der Waals surface area contributed by atoms with E-state index in [2.05, 4.69) is 130 Å². The Hall–Kier alpha value is -16.0. The molecular weight excluding hydrogens is 1660 g/mol. The molecule has 0 fully saturated rings. The summed E-state index contributed by atoms with van der Waals surface area (Å²) >= 11 is 0. The molecule has 0 aliphatic rings. The van der Waals surface area contributed by atoms with Crippen LogP contribution in [0.25, 0.3) is 111 Å². The Morgan fingerprint density at radius 1 is 0.406 bits per heavy atom. The maximum atomic E-state index is 14.0. The number of hydroxylamine groups is 2. The maximum absolute atomic E-state index is 14.0. The van der Waals surface area contributed by atoms with Gasteiger partial charge in [-0.15, -0.1) is 0 Å². The highest BCUT2D eigenvalue weighted by Gasteiger charge is 2.25. The zero-order valence-electron chi connectivity index (χ0n) is 69.4. The van der Waals surface area contributed by atoms with Crippen molar-refractivity contribution in [2.75, 3.05) is 61.6 Å². The summed E-state index contributed by atoms with van der Waals surface area (Å²) < 4.78 is 117. The smallest absolute Gasteiger partial charge is 0.282 e. The lowest BCUT2D eigenvalue weighted by molar-refractivity contribution is -0.0755. The van der Waals surface area contributed by atoms with Crippen LogP contribution >= 0.6 is 0 Å². The summed E-state index contributed by atoms with van der Waals surface area (Å²) in [7, 11) is 2.91. The third kappa shape index (κ3) is 18.1. The number of halogens is 8. The van der Waals surface area contributed by atoms with Gasteiger partial charge in [-0.25, -0.2) is 60.1 Å². The number of amides is 1. The molecule has 0 atom stereocenters. The van der Waals surface area contributed by atoms with Gasteiger partial charge in [-0.05, 0) is 108 Å². The number of pyridine rings is 4. The summed E-state index contributed by atoms with van der Waals surface area (Å²) in [6.45, 7) is 10.3. The van der Waals surface area contributed by atoms with Gasteiger partial charge in [0.05, 0.1) is 79.1 Å². The summed E-state index contributed by atoms with van der Waals surface area (Å²) in [4.78, 5) is 73.2. The molecule has 16 heterocycles. The molecule has 0 unspecified atom stereocenters. The van der Waals surface area contributed by atoms with E-state index in [9.17, 15) is 39.9 Å².